The van der Waals surface area contributed by atoms with E-state index in [2.05, 4.69) is 216 Å². The smallest absolute Gasteiger partial charge is 0.0497 e. The minimum atomic E-state index is 0.0571. The lowest BCUT2D eigenvalue weighted by molar-refractivity contribution is 0.468. The molecule has 0 bridgehead atoms. The van der Waals surface area contributed by atoms with Crippen molar-refractivity contribution in [3.8, 4) is 11.1 Å². The van der Waals surface area contributed by atoms with Gasteiger partial charge in [0.1, 0.15) is 0 Å². The molecule has 3 atom stereocenters. The van der Waals surface area contributed by atoms with Gasteiger partial charge in [0.05, 0.1) is 0 Å². The molecule has 9 rings (SSSR count). The van der Waals surface area contributed by atoms with E-state index < -0.39 is 0 Å². The molecule has 3 unspecified atom stereocenters. The van der Waals surface area contributed by atoms with Gasteiger partial charge in [-0.05, 0) is 143 Å². The van der Waals surface area contributed by atoms with Crippen molar-refractivity contribution in [2.45, 2.75) is 59.9 Å². The molecule has 1 nitrogen and oxygen atoms in total. The summed E-state index contributed by atoms with van der Waals surface area (Å²) in [6.07, 6.45) is 21.8. The Morgan fingerprint density at radius 1 is 0.787 bits per heavy atom. The first-order valence-corrected chi connectivity index (χ1v) is 22.8. The van der Waals surface area contributed by atoms with Gasteiger partial charge < -0.3 is 4.90 Å². The molecule has 0 saturated carbocycles. The van der Waals surface area contributed by atoms with Crippen LogP contribution in [0.25, 0.3) is 53.2 Å². The van der Waals surface area contributed by atoms with Gasteiger partial charge in [-0.3, -0.25) is 0 Å². The standard InChI is InChI=1S/C59H55NS/c1-7-44(52-25-16-26-55-54-24-12-13-28-58(54)61-59(52)55)32-30-42(5)60(57-27-15-19-46-18-8-9-22-51(46)57)49-35-33-45(34-36-49)48-31-29-40(3)56(38-48)53-23-11-10-21-50(53)43(6)47-20-14-17-39(2)41(4)37-47/h7-10,12-16,18-22,24-39,41-42H,6,11,17,23H2,1-5H3/b32-30-,44-7+. The molecule has 2 heteroatoms. The molecule has 0 N–H and O–H groups in total. The van der Waals surface area contributed by atoms with Crippen molar-refractivity contribution in [2.24, 2.45) is 11.8 Å². The number of rotatable bonds is 10. The van der Waals surface area contributed by atoms with Gasteiger partial charge in [0.2, 0.25) is 0 Å². The minimum absolute atomic E-state index is 0.0571. The highest BCUT2D eigenvalue weighted by Gasteiger charge is 2.21. The Hall–Kier alpha value is -6.22. The lowest BCUT2D eigenvalue weighted by Gasteiger charge is -2.31. The predicted octanol–water partition coefficient (Wildman–Crippen LogP) is 17.2. The fourth-order valence-corrected chi connectivity index (χ4v) is 10.5. The maximum Gasteiger partial charge on any atom is 0.0497 e. The van der Waals surface area contributed by atoms with Gasteiger partial charge in [-0.15, -0.1) is 11.3 Å². The molecule has 1 aromatic heterocycles. The van der Waals surface area contributed by atoms with Crippen LogP contribution < -0.4 is 4.90 Å². The van der Waals surface area contributed by atoms with Crippen LogP contribution in [0.5, 0.6) is 0 Å². The van der Waals surface area contributed by atoms with Gasteiger partial charge in [-0.1, -0.05) is 166 Å². The van der Waals surface area contributed by atoms with Gasteiger partial charge in [0.25, 0.3) is 0 Å². The quantitative estimate of drug-likeness (QED) is 0.124. The molecule has 6 aromatic carbocycles. The zero-order valence-corrected chi connectivity index (χ0v) is 37.0. The first-order chi connectivity index (χ1) is 29.8. The van der Waals surface area contributed by atoms with Gasteiger partial charge in [0.15, 0.2) is 0 Å². The molecular formula is C59H55NS. The summed E-state index contributed by atoms with van der Waals surface area (Å²) in [6.45, 7) is 16.1. The Morgan fingerprint density at radius 2 is 1.52 bits per heavy atom. The highest BCUT2D eigenvalue weighted by molar-refractivity contribution is 7.26. The Balaban J connectivity index is 1.06. The molecule has 1 heterocycles. The third kappa shape index (κ3) is 7.94. The van der Waals surface area contributed by atoms with Crippen LogP contribution >= 0.6 is 11.3 Å². The highest BCUT2D eigenvalue weighted by atomic mass is 32.1. The molecule has 61 heavy (non-hydrogen) atoms. The Morgan fingerprint density at radius 3 is 2.36 bits per heavy atom. The van der Waals surface area contributed by atoms with E-state index in [4.69, 9.17) is 6.58 Å². The van der Waals surface area contributed by atoms with Crippen LogP contribution in [0.4, 0.5) is 11.4 Å². The number of anilines is 2. The average Bonchev–Trinajstić information content (AvgIpc) is 3.59. The van der Waals surface area contributed by atoms with E-state index in [1.54, 1.807) is 0 Å². The van der Waals surface area contributed by atoms with E-state index in [0.717, 1.165) is 30.5 Å². The predicted molar refractivity (Wildman–Crippen MR) is 269 cm³/mol. The SMILES string of the molecule is C=C(C1=CC(C)C(C)CC=C1)C1=C(c2cc(-c3ccc(N(c4cccc5ccccc45)C(C)/C=C\C(=C/C)c4cccc5c4sc4ccccc45)cc3)ccc2C)CCC=C1. The summed E-state index contributed by atoms with van der Waals surface area (Å²) < 4.78 is 2.67. The number of aryl methyl sites for hydroxylation is 1. The average molecular weight is 810 g/mol. The van der Waals surface area contributed by atoms with E-state index in [0.29, 0.717) is 11.8 Å². The number of allylic oxidation sites excluding steroid dienone is 12. The van der Waals surface area contributed by atoms with Crippen molar-refractivity contribution >= 4 is 64.8 Å². The lowest BCUT2D eigenvalue weighted by Crippen LogP contribution is -2.26. The van der Waals surface area contributed by atoms with E-state index >= 15 is 0 Å². The fraction of sp³-hybridized carbons (Fsp3) is 0.186. The van der Waals surface area contributed by atoms with Gasteiger partial charge in [-0.2, -0.15) is 0 Å². The second kappa shape index (κ2) is 17.4. The van der Waals surface area contributed by atoms with Crippen molar-refractivity contribution in [1.29, 1.82) is 0 Å². The molecule has 0 radical (unpaired) electrons. The molecule has 7 aromatic rings. The molecule has 0 saturated heterocycles. The Kier molecular flexibility index (Phi) is 11.5. The van der Waals surface area contributed by atoms with Crippen molar-refractivity contribution in [3.63, 3.8) is 0 Å². The van der Waals surface area contributed by atoms with Crippen molar-refractivity contribution in [2.75, 3.05) is 4.90 Å². The van der Waals surface area contributed by atoms with Crippen LogP contribution in [0.3, 0.4) is 0 Å². The third-order valence-corrected chi connectivity index (χ3v) is 14.3. The number of benzene rings is 6. The first-order valence-electron chi connectivity index (χ1n) is 22.0. The summed E-state index contributed by atoms with van der Waals surface area (Å²) >= 11 is 1.89. The zero-order chi connectivity index (χ0) is 42.0. The largest absolute Gasteiger partial charge is 0.334 e. The first kappa shape index (κ1) is 40.2. The van der Waals surface area contributed by atoms with E-state index in [1.807, 2.05) is 11.3 Å². The van der Waals surface area contributed by atoms with Crippen LogP contribution in [0, 0.1) is 18.8 Å². The maximum atomic E-state index is 4.70. The summed E-state index contributed by atoms with van der Waals surface area (Å²) in [4.78, 5) is 2.49. The molecule has 0 spiro atoms. The van der Waals surface area contributed by atoms with E-state index in [9.17, 15) is 0 Å². The van der Waals surface area contributed by atoms with Crippen molar-refractivity contribution in [1.82, 2.24) is 0 Å². The van der Waals surface area contributed by atoms with Crippen molar-refractivity contribution < 1.29 is 0 Å². The van der Waals surface area contributed by atoms with Crippen LogP contribution in [0.2, 0.25) is 0 Å². The third-order valence-electron chi connectivity index (χ3n) is 13.0. The highest BCUT2D eigenvalue weighted by Crippen LogP contribution is 2.42. The van der Waals surface area contributed by atoms with Crippen LogP contribution in [-0.2, 0) is 0 Å². The lowest BCUT2D eigenvalue weighted by atomic mass is 9.83. The Labute approximate surface area is 366 Å². The molecule has 2 aliphatic rings. The molecule has 0 amide bonds. The number of hydrogen-bond acceptors (Lipinski definition) is 2. The minimum Gasteiger partial charge on any atom is -0.334 e. The maximum absolute atomic E-state index is 4.70. The molecule has 0 aliphatic heterocycles. The topological polar surface area (TPSA) is 3.24 Å². The van der Waals surface area contributed by atoms with Crippen molar-refractivity contribution in [3.05, 3.63) is 216 Å². The summed E-state index contributed by atoms with van der Waals surface area (Å²) in [5, 5.41) is 5.13. The number of nitrogens with zero attached hydrogens (tertiary/aromatic N) is 1. The summed E-state index contributed by atoms with van der Waals surface area (Å²) in [6, 6.07) is 47.1. The van der Waals surface area contributed by atoms with Gasteiger partial charge >= 0.3 is 0 Å². The monoisotopic (exact) mass is 809 g/mol. The second-order valence-corrected chi connectivity index (χ2v) is 18.0. The van der Waals surface area contributed by atoms with Crippen LogP contribution in [-0.4, -0.2) is 6.04 Å². The molecule has 0 fully saturated rings. The summed E-state index contributed by atoms with van der Waals surface area (Å²) in [7, 11) is 0. The van der Waals surface area contributed by atoms with Gasteiger partial charge in [0, 0.05) is 43.0 Å². The zero-order valence-electron chi connectivity index (χ0n) is 36.2. The fourth-order valence-electron chi connectivity index (χ4n) is 9.31. The van der Waals surface area contributed by atoms with Crippen LogP contribution in [0.15, 0.2) is 199 Å². The second-order valence-electron chi connectivity index (χ2n) is 17.0. The summed E-state index contributed by atoms with van der Waals surface area (Å²) in [5.74, 6) is 1.15. The number of fused-ring (bicyclic) bond motifs is 4. The Bertz CT molecular complexity index is 2970. The summed E-state index contributed by atoms with van der Waals surface area (Å²) in [5.41, 5.74) is 15.0. The van der Waals surface area contributed by atoms with E-state index in [-0.39, 0.29) is 6.04 Å². The number of thiophene rings is 1. The van der Waals surface area contributed by atoms with Crippen LogP contribution in [0.1, 0.15) is 63.6 Å². The van der Waals surface area contributed by atoms with E-state index in [1.165, 1.54) is 86.7 Å². The normalized spacial score (nSPS) is 17.7. The molecular weight excluding hydrogens is 755 g/mol. The van der Waals surface area contributed by atoms with Gasteiger partial charge in [-0.25, -0.2) is 0 Å². The molecule has 2 aliphatic carbocycles. The number of hydrogen-bond donors (Lipinski definition) is 0. The molecule has 302 valence electrons.